The van der Waals surface area contributed by atoms with Crippen LogP contribution in [-0.2, 0) is 6.42 Å². The maximum atomic E-state index is 5.26. The van der Waals surface area contributed by atoms with E-state index in [0.717, 1.165) is 17.1 Å². The number of rotatable bonds is 2. The summed E-state index contributed by atoms with van der Waals surface area (Å²) < 4.78 is 10.5. The van der Waals surface area contributed by atoms with Crippen LogP contribution in [0.5, 0.6) is 11.5 Å². The number of fused-ring (bicyclic) bond motifs is 1. The number of ether oxygens (including phenoxy) is 2. The van der Waals surface area contributed by atoms with Crippen molar-refractivity contribution in [2.24, 2.45) is 20.7 Å². The van der Waals surface area contributed by atoms with Crippen molar-refractivity contribution < 1.29 is 9.47 Å². The zero-order chi connectivity index (χ0) is 10.1. The van der Waals surface area contributed by atoms with E-state index in [1.807, 2.05) is 18.2 Å². The van der Waals surface area contributed by atoms with E-state index < -0.39 is 0 Å². The van der Waals surface area contributed by atoms with Crippen molar-refractivity contribution in [2.45, 2.75) is 6.42 Å². The standard InChI is InChI=1S/C9H7N4O2/c1-2-7-8(15-5-14-7)3-6(1)4-9-10-12-13-11-9/h1-3H,4-5H2/q+1. The molecule has 0 atom stereocenters. The number of hydrogen-bond acceptors (Lipinski definition) is 6. The zero-order valence-corrected chi connectivity index (χ0v) is 7.75. The van der Waals surface area contributed by atoms with Crippen LogP contribution in [0.15, 0.2) is 38.9 Å². The number of benzene rings is 1. The third-order valence-corrected chi connectivity index (χ3v) is 2.16. The second kappa shape index (κ2) is 3.23. The molecule has 0 fully saturated rings. The van der Waals surface area contributed by atoms with Crippen LogP contribution in [-0.4, -0.2) is 6.79 Å². The van der Waals surface area contributed by atoms with Gasteiger partial charge in [0.2, 0.25) is 6.79 Å². The number of hydrogen-bond donors (Lipinski definition) is 0. The molecule has 0 N–H and O–H groups in total. The molecular formula is C9H7N4O2+. The fourth-order valence-electron chi connectivity index (χ4n) is 1.47. The minimum atomic E-state index is 0.286. The molecule has 0 amide bonds. The van der Waals surface area contributed by atoms with Gasteiger partial charge >= 0.3 is 6.17 Å². The Balaban J connectivity index is 1.81. The molecule has 1 aromatic carbocycles. The maximum Gasteiger partial charge on any atom is 0.411 e. The lowest BCUT2D eigenvalue weighted by molar-refractivity contribution is 0.174. The van der Waals surface area contributed by atoms with Crippen LogP contribution in [0.1, 0.15) is 5.56 Å². The van der Waals surface area contributed by atoms with Crippen molar-refractivity contribution in [3.05, 3.63) is 29.9 Å². The summed E-state index contributed by atoms with van der Waals surface area (Å²) in [6.45, 7) is 0.286. The molecule has 6 heteroatoms. The summed E-state index contributed by atoms with van der Waals surface area (Å²) in [7, 11) is 0. The first-order chi connectivity index (χ1) is 7.42. The fraction of sp³-hybridized carbons (Fsp3) is 0.222. The van der Waals surface area contributed by atoms with E-state index in [2.05, 4.69) is 20.7 Å². The van der Waals surface area contributed by atoms with Gasteiger partial charge in [0, 0.05) is 16.0 Å². The number of nitrogens with zero attached hydrogens (tertiary/aromatic N) is 4. The van der Waals surface area contributed by atoms with Crippen LogP contribution in [0.3, 0.4) is 0 Å². The Kier molecular flexibility index (Phi) is 1.77. The van der Waals surface area contributed by atoms with E-state index in [-0.39, 0.29) is 6.79 Å². The highest BCUT2D eigenvalue weighted by Crippen LogP contribution is 2.33. The van der Waals surface area contributed by atoms with Gasteiger partial charge in [-0.05, 0) is 12.1 Å². The minimum absolute atomic E-state index is 0.286. The molecule has 0 unspecified atom stereocenters. The van der Waals surface area contributed by atoms with E-state index in [4.69, 9.17) is 9.47 Å². The first-order valence-electron chi connectivity index (χ1n) is 4.48. The predicted molar refractivity (Wildman–Crippen MR) is 49.2 cm³/mol. The van der Waals surface area contributed by atoms with Crippen LogP contribution in [0.25, 0.3) is 0 Å². The molecule has 0 aliphatic carbocycles. The average Bonchev–Trinajstić information content (AvgIpc) is 2.87. The topological polar surface area (TPSA) is 67.9 Å². The Bertz CT molecular complexity index is 432. The summed E-state index contributed by atoms with van der Waals surface area (Å²) in [4.78, 5) is 0. The molecule has 6 nitrogen and oxygen atoms in total. The summed E-state index contributed by atoms with van der Waals surface area (Å²) in [6.07, 6.45) is 1.21. The third kappa shape index (κ3) is 1.50. The Labute approximate surface area is 85.6 Å². The van der Waals surface area contributed by atoms with Crippen molar-refractivity contribution >= 4 is 0 Å². The predicted octanol–water partition coefficient (Wildman–Crippen LogP) is 2.28. The quantitative estimate of drug-likeness (QED) is 0.692. The molecule has 1 aromatic rings. The largest absolute Gasteiger partial charge is 0.454 e. The molecule has 2 heterocycles. The molecule has 2 aliphatic heterocycles. The zero-order valence-electron chi connectivity index (χ0n) is 7.75. The van der Waals surface area contributed by atoms with Gasteiger partial charge in [0.15, 0.2) is 17.9 Å². The summed E-state index contributed by atoms with van der Waals surface area (Å²) in [5.41, 5.74) is 1.05. The van der Waals surface area contributed by atoms with E-state index in [1.165, 1.54) is 0 Å². The highest BCUT2D eigenvalue weighted by atomic mass is 16.7. The van der Waals surface area contributed by atoms with Gasteiger partial charge in [0.25, 0.3) is 0 Å². The van der Waals surface area contributed by atoms with E-state index in [0.29, 0.717) is 12.6 Å². The lowest BCUT2D eigenvalue weighted by Gasteiger charge is -1.97. The van der Waals surface area contributed by atoms with E-state index in [1.54, 1.807) is 0 Å². The normalized spacial score (nSPS) is 16.4. The monoisotopic (exact) mass is 203 g/mol. The van der Waals surface area contributed by atoms with Crippen LogP contribution in [0, 0.1) is 6.17 Å². The second-order valence-corrected chi connectivity index (χ2v) is 3.16. The van der Waals surface area contributed by atoms with Gasteiger partial charge in [0.1, 0.15) is 0 Å². The Morgan fingerprint density at radius 2 is 1.93 bits per heavy atom. The molecule has 0 radical (unpaired) electrons. The summed E-state index contributed by atoms with van der Waals surface area (Å²) in [5.74, 6) is 1.54. The lowest BCUT2D eigenvalue weighted by atomic mass is 10.1. The molecule has 0 saturated heterocycles. The van der Waals surface area contributed by atoms with Gasteiger partial charge in [-0.3, -0.25) is 0 Å². The smallest absolute Gasteiger partial charge is 0.411 e. The molecule has 0 aromatic heterocycles. The van der Waals surface area contributed by atoms with Crippen molar-refractivity contribution in [1.82, 2.24) is 0 Å². The molecule has 0 bridgehead atoms. The van der Waals surface area contributed by atoms with Gasteiger partial charge < -0.3 is 9.47 Å². The molecule has 15 heavy (non-hydrogen) atoms. The summed E-state index contributed by atoms with van der Waals surface area (Å²) in [6, 6.07) is 5.74. The molecule has 3 rings (SSSR count). The van der Waals surface area contributed by atoms with Gasteiger partial charge in [0.05, 0.1) is 10.2 Å². The maximum absolute atomic E-state index is 5.26. The van der Waals surface area contributed by atoms with Crippen LogP contribution >= 0.6 is 0 Å². The Morgan fingerprint density at radius 1 is 1.13 bits per heavy atom. The van der Waals surface area contributed by atoms with E-state index >= 15 is 0 Å². The van der Waals surface area contributed by atoms with Gasteiger partial charge in [-0.15, -0.1) is 0 Å². The lowest BCUT2D eigenvalue weighted by Crippen LogP contribution is -1.93. The van der Waals surface area contributed by atoms with Gasteiger partial charge in [-0.25, -0.2) is 0 Å². The third-order valence-electron chi connectivity index (χ3n) is 2.16. The van der Waals surface area contributed by atoms with Gasteiger partial charge in [-0.2, -0.15) is 0 Å². The first kappa shape index (κ1) is 8.22. The highest BCUT2D eigenvalue weighted by Gasteiger charge is 2.27. The van der Waals surface area contributed by atoms with Crippen LogP contribution in [0.2, 0.25) is 0 Å². The van der Waals surface area contributed by atoms with Crippen molar-refractivity contribution in [2.75, 3.05) is 6.79 Å². The summed E-state index contributed by atoms with van der Waals surface area (Å²) >= 11 is 0. The summed E-state index contributed by atoms with van der Waals surface area (Å²) in [5, 5.41) is 14.4. The molecule has 0 spiro atoms. The van der Waals surface area contributed by atoms with Crippen molar-refractivity contribution in [3.8, 4) is 11.5 Å². The van der Waals surface area contributed by atoms with Gasteiger partial charge in [-0.1, -0.05) is 6.07 Å². The Morgan fingerprint density at radius 3 is 2.80 bits per heavy atom. The van der Waals surface area contributed by atoms with E-state index in [9.17, 15) is 0 Å². The molecule has 2 aliphatic rings. The minimum Gasteiger partial charge on any atom is -0.454 e. The highest BCUT2D eigenvalue weighted by molar-refractivity contribution is 5.44. The van der Waals surface area contributed by atoms with Crippen molar-refractivity contribution in [1.29, 1.82) is 0 Å². The Hall–Kier alpha value is -2.11. The fourth-order valence-corrected chi connectivity index (χ4v) is 1.47. The van der Waals surface area contributed by atoms with Crippen molar-refractivity contribution in [3.63, 3.8) is 0 Å². The molecule has 0 saturated carbocycles. The average molecular weight is 203 g/mol. The SMILES string of the molecule is c1cc2c(cc1C[C+]1N=NN=N1)OCO2. The molecular weight excluding hydrogens is 196 g/mol. The first-order valence-corrected chi connectivity index (χ1v) is 4.48. The molecule has 74 valence electrons. The second-order valence-electron chi connectivity index (χ2n) is 3.16. The van der Waals surface area contributed by atoms with Crippen LogP contribution in [0.4, 0.5) is 0 Å². The van der Waals surface area contributed by atoms with Crippen LogP contribution < -0.4 is 9.47 Å².